The van der Waals surface area contributed by atoms with Crippen LogP contribution in [0.1, 0.15) is 18.4 Å². The number of quaternary nitrogens is 1. The van der Waals surface area contributed by atoms with E-state index < -0.39 is 0 Å². The molecule has 0 radical (unpaired) electrons. The molecule has 2 nitrogen and oxygen atoms in total. The normalized spacial score (nSPS) is 34.3. The van der Waals surface area contributed by atoms with E-state index in [1.807, 2.05) is 0 Å². The smallest absolute Gasteiger partial charge is 0.122 e. The third kappa shape index (κ3) is 1.80. The van der Waals surface area contributed by atoms with Gasteiger partial charge in [-0.3, -0.25) is 0 Å². The van der Waals surface area contributed by atoms with Gasteiger partial charge in [0.2, 0.25) is 0 Å². The van der Waals surface area contributed by atoms with Crippen LogP contribution in [0.2, 0.25) is 0 Å². The predicted octanol–water partition coefficient (Wildman–Crippen LogP) is 1.93. The van der Waals surface area contributed by atoms with Gasteiger partial charge < -0.3 is 0 Å². The Balaban J connectivity index is 1.76. The molecular formula is C13H19N2+. The fraction of sp³-hybridized carbons (Fsp3) is 0.538. The second-order valence-electron chi connectivity index (χ2n) is 5.04. The van der Waals surface area contributed by atoms with E-state index in [-0.39, 0.29) is 0 Å². The quantitative estimate of drug-likeness (QED) is 0.724. The van der Waals surface area contributed by atoms with E-state index in [4.69, 9.17) is 0 Å². The van der Waals surface area contributed by atoms with Gasteiger partial charge in [0, 0.05) is 24.9 Å². The third-order valence-electron chi connectivity index (χ3n) is 3.97. The lowest BCUT2D eigenvalue weighted by Crippen LogP contribution is -2.66. The molecule has 0 atom stereocenters. The Morgan fingerprint density at radius 1 is 1.13 bits per heavy atom. The van der Waals surface area contributed by atoms with Gasteiger partial charge in [-0.25, -0.2) is 4.59 Å². The number of rotatable bonds is 2. The van der Waals surface area contributed by atoms with E-state index in [0.717, 1.165) is 17.1 Å². The Labute approximate surface area is 91.5 Å². The number of benzene rings is 1. The molecule has 0 aliphatic carbocycles. The highest BCUT2D eigenvalue weighted by Gasteiger charge is 2.39. The van der Waals surface area contributed by atoms with Gasteiger partial charge in [-0.15, -0.1) is 0 Å². The minimum Gasteiger partial charge on any atom is -0.242 e. The number of fused-ring (bicyclic) bond motifs is 3. The zero-order valence-corrected chi connectivity index (χ0v) is 9.15. The molecule has 0 aromatic heterocycles. The minimum absolute atomic E-state index is 0.959. The van der Waals surface area contributed by atoms with Crippen molar-refractivity contribution in [1.82, 2.24) is 5.43 Å². The molecule has 3 heterocycles. The predicted molar refractivity (Wildman–Crippen MR) is 60.9 cm³/mol. The molecule has 2 heteroatoms. The van der Waals surface area contributed by atoms with Crippen LogP contribution in [0.25, 0.3) is 0 Å². The molecule has 0 amide bonds. The Kier molecular flexibility index (Phi) is 2.26. The van der Waals surface area contributed by atoms with Crippen molar-refractivity contribution < 1.29 is 4.59 Å². The summed E-state index contributed by atoms with van der Waals surface area (Å²) in [6, 6.07) is 10.9. The average molecular weight is 203 g/mol. The summed E-state index contributed by atoms with van der Waals surface area (Å²) in [5, 5.41) is 0. The second kappa shape index (κ2) is 3.62. The van der Waals surface area contributed by atoms with Crippen molar-refractivity contribution in [1.29, 1.82) is 0 Å². The molecule has 1 aromatic carbocycles. The van der Waals surface area contributed by atoms with Gasteiger partial charge in [-0.2, -0.15) is 5.43 Å². The fourth-order valence-corrected chi connectivity index (χ4v) is 2.95. The highest BCUT2D eigenvalue weighted by molar-refractivity contribution is 5.13. The highest BCUT2D eigenvalue weighted by atomic mass is 15.7. The molecule has 1 N–H and O–H groups in total. The summed E-state index contributed by atoms with van der Waals surface area (Å²) in [6.45, 7) is 5.03. The highest BCUT2D eigenvalue weighted by Crippen LogP contribution is 2.28. The van der Waals surface area contributed by atoms with Crippen molar-refractivity contribution in [2.45, 2.75) is 19.4 Å². The van der Waals surface area contributed by atoms with Crippen LogP contribution in [-0.4, -0.2) is 24.2 Å². The SMILES string of the molecule is c1ccc(C[N+]23CCC(CC2)CN3)cc1. The minimum atomic E-state index is 0.959. The molecule has 80 valence electrons. The number of nitrogens with one attached hydrogen (secondary N) is 1. The molecule has 0 spiro atoms. The van der Waals surface area contributed by atoms with Crippen molar-refractivity contribution >= 4 is 0 Å². The van der Waals surface area contributed by atoms with Crippen molar-refractivity contribution in [2.24, 2.45) is 5.92 Å². The largest absolute Gasteiger partial charge is 0.242 e. The first kappa shape index (κ1) is 9.37. The topological polar surface area (TPSA) is 12.0 Å². The molecule has 3 aliphatic rings. The van der Waals surface area contributed by atoms with Gasteiger partial charge in [0.05, 0.1) is 13.1 Å². The van der Waals surface area contributed by atoms with E-state index in [9.17, 15) is 0 Å². The molecule has 4 rings (SSSR count). The molecule has 0 saturated carbocycles. The molecular weight excluding hydrogens is 184 g/mol. The lowest BCUT2D eigenvalue weighted by atomic mass is 9.93. The van der Waals surface area contributed by atoms with Crippen molar-refractivity contribution in [2.75, 3.05) is 19.6 Å². The van der Waals surface area contributed by atoms with Gasteiger partial charge >= 0.3 is 0 Å². The second-order valence-corrected chi connectivity index (χ2v) is 5.04. The third-order valence-corrected chi connectivity index (χ3v) is 3.97. The van der Waals surface area contributed by atoms with Gasteiger partial charge in [0.1, 0.15) is 6.54 Å². The Morgan fingerprint density at radius 3 is 2.47 bits per heavy atom. The summed E-state index contributed by atoms with van der Waals surface area (Å²) in [5.41, 5.74) is 5.18. The number of nitrogens with zero attached hydrogens (tertiary/aromatic N) is 1. The lowest BCUT2D eigenvalue weighted by molar-refractivity contribution is -0.995. The van der Waals surface area contributed by atoms with Gasteiger partial charge in [0.25, 0.3) is 0 Å². The maximum Gasteiger partial charge on any atom is 0.122 e. The monoisotopic (exact) mass is 203 g/mol. The summed E-state index contributed by atoms with van der Waals surface area (Å²) in [4.78, 5) is 0. The van der Waals surface area contributed by atoms with Crippen molar-refractivity contribution in [3.8, 4) is 0 Å². The summed E-state index contributed by atoms with van der Waals surface area (Å²) in [6.07, 6.45) is 2.83. The number of hydrogen-bond donors (Lipinski definition) is 1. The van der Waals surface area contributed by atoms with Crippen LogP contribution in [0, 0.1) is 5.92 Å². The zero-order valence-electron chi connectivity index (χ0n) is 9.15. The lowest BCUT2D eigenvalue weighted by Gasteiger charge is -2.48. The molecule has 15 heavy (non-hydrogen) atoms. The van der Waals surface area contributed by atoms with Gasteiger partial charge in [-0.1, -0.05) is 30.3 Å². The summed E-state index contributed by atoms with van der Waals surface area (Å²) < 4.78 is 1.13. The van der Waals surface area contributed by atoms with E-state index in [0.29, 0.717) is 0 Å². The Hall–Kier alpha value is -0.860. The van der Waals surface area contributed by atoms with Crippen LogP contribution in [0.5, 0.6) is 0 Å². The standard InChI is InChI=1S/C13H19N2/c1-2-4-13(5-3-1)11-15-8-6-12(7-9-15)10-14-15/h1-5,12,14H,6-11H2/q+1. The maximum absolute atomic E-state index is 3.72. The first-order valence-corrected chi connectivity index (χ1v) is 6.01. The molecule has 3 fully saturated rings. The molecule has 1 aromatic rings. The summed E-state index contributed by atoms with van der Waals surface area (Å²) >= 11 is 0. The van der Waals surface area contributed by atoms with Crippen LogP contribution >= 0.6 is 0 Å². The van der Waals surface area contributed by atoms with Crippen LogP contribution in [0.4, 0.5) is 0 Å². The van der Waals surface area contributed by atoms with Crippen LogP contribution in [0.3, 0.4) is 0 Å². The average Bonchev–Trinajstić information content (AvgIpc) is 2.32. The summed E-state index contributed by atoms with van der Waals surface area (Å²) in [5.74, 6) is 0.959. The Morgan fingerprint density at radius 2 is 1.87 bits per heavy atom. The fourth-order valence-electron chi connectivity index (χ4n) is 2.95. The van der Waals surface area contributed by atoms with E-state index in [2.05, 4.69) is 35.8 Å². The van der Waals surface area contributed by atoms with E-state index in [1.54, 1.807) is 0 Å². The maximum atomic E-state index is 3.72. The van der Waals surface area contributed by atoms with E-state index in [1.165, 1.54) is 38.0 Å². The number of piperidine rings is 1. The number of hydrogen-bond acceptors (Lipinski definition) is 1. The zero-order chi connectivity index (χ0) is 10.1. The first-order valence-electron chi connectivity index (χ1n) is 6.01. The Bertz CT molecular complexity index is 312. The van der Waals surface area contributed by atoms with Crippen LogP contribution in [-0.2, 0) is 6.54 Å². The van der Waals surface area contributed by atoms with Gasteiger partial charge in [-0.05, 0) is 5.92 Å². The van der Waals surface area contributed by atoms with Gasteiger partial charge in [0.15, 0.2) is 0 Å². The van der Waals surface area contributed by atoms with E-state index >= 15 is 0 Å². The van der Waals surface area contributed by atoms with Crippen molar-refractivity contribution in [3.63, 3.8) is 0 Å². The molecule has 0 unspecified atom stereocenters. The molecule has 2 bridgehead atoms. The van der Waals surface area contributed by atoms with Crippen molar-refractivity contribution in [3.05, 3.63) is 35.9 Å². The first-order chi connectivity index (χ1) is 7.36. The molecule has 3 aliphatic heterocycles. The van der Waals surface area contributed by atoms with Crippen LogP contribution < -0.4 is 5.43 Å². The summed E-state index contributed by atoms with van der Waals surface area (Å²) in [7, 11) is 0. The van der Waals surface area contributed by atoms with Crippen LogP contribution in [0.15, 0.2) is 30.3 Å². The molecule has 3 saturated heterocycles.